The van der Waals surface area contributed by atoms with Crippen LogP contribution in [0.15, 0.2) is 0 Å². The molecule has 2 heterocycles. The number of anilines is 1. The Kier molecular flexibility index (Phi) is 2.02. The lowest BCUT2D eigenvalue weighted by molar-refractivity contribution is 0.379. The molecule has 0 saturated heterocycles. The Bertz CT molecular complexity index is 326. The third-order valence-corrected chi connectivity index (χ3v) is 2.09. The third-order valence-electron chi connectivity index (χ3n) is 2.09. The molecule has 2 N–H and O–H groups in total. The molecule has 1 aromatic heterocycles. The van der Waals surface area contributed by atoms with Crippen molar-refractivity contribution in [3.63, 3.8) is 0 Å². The number of rotatable bonds is 2. The molecule has 0 aromatic carbocycles. The van der Waals surface area contributed by atoms with Crippen molar-refractivity contribution in [2.45, 2.75) is 13.1 Å². The lowest BCUT2D eigenvalue weighted by Gasteiger charge is -2.06. The van der Waals surface area contributed by atoms with Crippen molar-refractivity contribution in [2.24, 2.45) is 0 Å². The second-order valence-electron chi connectivity index (χ2n) is 2.84. The van der Waals surface area contributed by atoms with E-state index >= 15 is 0 Å². The maximum atomic E-state index is 4.99. The Labute approximate surface area is 76.5 Å². The van der Waals surface area contributed by atoms with Crippen molar-refractivity contribution < 1.29 is 4.74 Å². The van der Waals surface area contributed by atoms with Crippen molar-refractivity contribution in [1.29, 1.82) is 0 Å². The molecule has 70 valence electrons. The molecule has 1 aliphatic heterocycles. The summed E-state index contributed by atoms with van der Waals surface area (Å²) in [6.07, 6.45) is 0. The van der Waals surface area contributed by atoms with E-state index < -0.39 is 0 Å². The Hall–Kier alpha value is -1.36. The fraction of sp³-hybridized carbons (Fsp3) is 0.500. The van der Waals surface area contributed by atoms with Crippen molar-refractivity contribution in [3.8, 4) is 6.01 Å². The summed E-state index contributed by atoms with van der Waals surface area (Å²) in [4.78, 5) is 8.44. The molecular weight excluding hydrogens is 168 g/mol. The van der Waals surface area contributed by atoms with Crippen LogP contribution in [-0.4, -0.2) is 24.1 Å². The van der Waals surface area contributed by atoms with Crippen LogP contribution in [0.4, 0.5) is 5.82 Å². The number of aromatic nitrogens is 2. The van der Waals surface area contributed by atoms with Crippen LogP contribution in [0.1, 0.15) is 11.3 Å². The summed E-state index contributed by atoms with van der Waals surface area (Å²) in [5.74, 6) is 0.854. The molecule has 0 spiro atoms. The fourth-order valence-electron chi connectivity index (χ4n) is 1.44. The van der Waals surface area contributed by atoms with E-state index in [1.165, 1.54) is 0 Å². The minimum Gasteiger partial charge on any atom is -0.467 e. The molecule has 0 bridgehead atoms. The topological polar surface area (TPSA) is 59.1 Å². The Balaban J connectivity index is 2.49. The zero-order valence-corrected chi connectivity index (χ0v) is 7.72. The van der Waals surface area contributed by atoms with E-state index in [4.69, 9.17) is 4.74 Å². The van der Waals surface area contributed by atoms with E-state index in [1.54, 1.807) is 7.11 Å². The van der Waals surface area contributed by atoms with E-state index in [9.17, 15) is 0 Å². The van der Waals surface area contributed by atoms with Crippen LogP contribution >= 0.6 is 0 Å². The zero-order valence-electron chi connectivity index (χ0n) is 7.72. The lowest BCUT2D eigenvalue weighted by Crippen LogP contribution is -2.03. The van der Waals surface area contributed by atoms with Crippen molar-refractivity contribution in [3.05, 3.63) is 11.3 Å². The van der Waals surface area contributed by atoms with Gasteiger partial charge in [0.15, 0.2) is 0 Å². The van der Waals surface area contributed by atoms with Gasteiger partial charge in [-0.2, -0.15) is 9.97 Å². The maximum Gasteiger partial charge on any atom is 0.318 e. The van der Waals surface area contributed by atoms with Gasteiger partial charge in [-0.1, -0.05) is 0 Å². The van der Waals surface area contributed by atoms with Gasteiger partial charge in [0.25, 0.3) is 0 Å². The van der Waals surface area contributed by atoms with E-state index in [2.05, 4.69) is 20.6 Å². The second-order valence-corrected chi connectivity index (χ2v) is 2.84. The van der Waals surface area contributed by atoms with E-state index in [-0.39, 0.29) is 0 Å². The predicted molar refractivity (Wildman–Crippen MR) is 48.7 cm³/mol. The minimum absolute atomic E-state index is 0.423. The van der Waals surface area contributed by atoms with Crippen LogP contribution in [0.3, 0.4) is 0 Å². The SMILES string of the molecule is CNc1nc(OC)nc2c1CNC2. The quantitative estimate of drug-likeness (QED) is 0.677. The number of nitrogens with one attached hydrogen (secondary N) is 2. The molecule has 0 unspecified atom stereocenters. The summed E-state index contributed by atoms with van der Waals surface area (Å²) in [6.45, 7) is 1.62. The standard InChI is InChI=1S/C8H12N4O/c1-9-7-5-3-10-4-6(5)11-8(12-7)13-2/h10H,3-4H2,1-2H3,(H,9,11,12). The first-order valence-electron chi connectivity index (χ1n) is 4.17. The van der Waals surface area contributed by atoms with Gasteiger partial charge in [-0.25, -0.2) is 0 Å². The molecule has 0 saturated carbocycles. The fourth-order valence-corrected chi connectivity index (χ4v) is 1.44. The van der Waals surface area contributed by atoms with Crippen LogP contribution in [0.2, 0.25) is 0 Å². The Morgan fingerprint density at radius 2 is 2.23 bits per heavy atom. The summed E-state index contributed by atoms with van der Waals surface area (Å²) in [5.41, 5.74) is 2.17. The average molecular weight is 180 g/mol. The van der Waals surface area contributed by atoms with Gasteiger partial charge in [0.05, 0.1) is 12.8 Å². The first kappa shape index (κ1) is 8.25. The highest BCUT2D eigenvalue weighted by Crippen LogP contribution is 2.22. The van der Waals surface area contributed by atoms with Crippen LogP contribution in [0, 0.1) is 0 Å². The molecule has 0 fully saturated rings. The lowest BCUT2D eigenvalue weighted by atomic mass is 10.2. The van der Waals surface area contributed by atoms with Crippen LogP contribution in [-0.2, 0) is 13.1 Å². The monoisotopic (exact) mass is 180 g/mol. The highest BCUT2D eigenvalue weighted by Gasteiger charge is 2.18. The summed E-state index contributed by atoms with van der Waals surface area (Å²) < 4.78 is 4.99. The molecule has 1 aliphatic rings. The predicted octanol–water partition coefficient (Wildman–Crippen LogP) is 0.130. The van der Waals surface area contributed by atoms with Gasteiger partial charge < -0.3 is 15.4 Å². The Morgan fingerprint density at radius 1 is 1.38 bits per heavy atom. The number of hydrogen-bond donors (Lipinski definition) is 2. The first-order chi connectivity index (χ1) is 6.35. The molecule has 13 heavy (non-hydrogen) atoms. The summed E-state index contributed by atoms with van der Waals surface area (Å²) in [6, 6.07) is 0.423. The van der Waals surface area contributed by atoms with Crippen molar-refractivity contribution >= 4 is 5.82 Å². The Morgan fingerprint density at radius 3 is 2.92 bits per heavy atom. The smallest absolute Gasteiger partial charge is 0.318 e. The molecule has 0 atom stereocenters. The van der Waals surface area contributed by atoms with E-state index in [0.717, 1.165) is 30.2 Å². The van der Waals surface area contributed by atoms with Gasteiger partial charge in [-0.3, -0.25) is 0 Å². The van der Waals surface area contributed by atoms with E-state index in [0.29, 0.717) is 6.01 Å². The van der Waals surface area contributed by atoms with Crippen LogP contribution in [0.25, 0.3) is 0 Å². The van der Waals surface area contributed by atoms with Gasteiger partial charge in [0.2, 0.25) is 0 Å². The van der Waals surface area contributed by atoms with Gasteiger partial charge >= 0.3 is 6.01 Å². The zero-order chi connectivity index (χ0) is 9.26. The normalized spacial score (nSPS) is 14.0. The van der Waals surface area contributed by atoms with Gasteiger partial charge in [0.1, 0.15) is 5.82 Å². The van der Waals surface area contributed by atoms with Crippen molar-refractivity contribution in [2.75, 3.05) is 19.5 Å². The van der Waals surface area contributed by atoms with Gasteiger partial charge in [-0.15, -0.1) is 0 Å². The molecule has 0 aliphatic carbocycles. The average Bonchev–Trinajstić information content (AvgIpc) is 2.63. The molecule has 2 rings (SSSR count). The highest BCUT2D eigenvalue weighted by atomic mass is 16.5. The molecular formula is C8H12N4O. The van der Waals surface area contributed by atoms with Crippen molar-refractivity contribution in [1.82, 2.24) is 15.3 Å². The summed E-state index contributed by atoms with van der Waals surface area (Å²) >= 11 is 0. The molecule has 5 nitrogen and oxygen atoms in total. The first-order valence-corrected chi connectivity index (χ1v) is 4.17. The largest absolute Gasteiger partial charge is 0.467 e. The number of ether oxygens (including phenoxy) is 1. The summed E-state index contributed by atoms with van der Waals surface area (Å²) in [5, 5.41) is 6.25. The van der Waals surface area contributed by atoms with Crippen LogP contribution < -0.4 is 15.4 Å². The van der Waals surface area contributed by atoms with Gasteiger partial charge in [0, 0.05) is 25.7 Å². The number of fused-ring (bicyclic) bond motifs is 1. The maximum absolute atomic E-state index is 4.99. The molecule has 1 aromatic rings. The summed E-state index contributed by atoms with van der Waals surface area (Å²) in [7, 11) is 3.42. The van der Waals surface area contributed by atoms with E-state index in [1.807, 2.05) is 7.05 Å². The second kappa shape index (κ2) is 3.18. The number of methoxy groups -OCH3 is 1. The van der Waals surface area contributed by atoms with Gasteiger partial charge in [-0.05, 0) is 0 Å². The third kappa shape index (κ3) is 1.31. The van der Waals surface area contributed by atoms with Crippen LogP contribution in [0.5, 0.6) is 6.01 Å². The number of nitrogens with zero attached hydrogens (tertiary/aromatic N) is 2. The molecule has 0 amide bonds. The number of hydrogen-bond acceptors (Lipinski definition) is 5. The highest BCUT2D eigenvalue weighted by molar-refractivity contribution is 5.48. The minimum atomic E-state index is 0.423. The molecule has 0 radical (unpaired) electrons. The molecule has 5 heteroatoms.